The first-order valence-electron chi connectivity index (χ1n) is 8.21. The van der Waals surface area contributed by atoms with Crippen molar-refractivity contribution in [1.82, 2.24) is 15.3 Å². The Morgan fingerprint density at radius 2 is 1.81 bits per heavy atom. The summed E-state index contributed by atoms with van der Waals surface area (Å²) in [5, 5.41) is 6.65. The predicted molar refractivity (Wildman–Crippen MR) is 104 cm³/mol. The van der Waals surface area contributed by atoms with Crippen LogP contribution in [0.1, 0.15) is 27.4 Å². The fourth-order valence-corrected chi connectivity index (χ4v) is 2.63. The molecule has 26 heavy (non-hydrogen) atoms. The Labute approximate surface area is 157 Å². The van der Waals surface area contributed by atoms with Crippen LogP contribution in [-0.4, -0.2) is 15.9 Å². The maximum Gasteiger partial charge on any atom is 0.270 e. The molecule has 0 unspecified atom stereocenters. The summed E-state index contributed by atoms with van der Waals surface area (Å²) in [5.41, 5.74) is 3.32. The number of benzene rings is 2. The molecule has 0 aliphatic heterocycles. The number of carbonyl (C=O) groups excluding carboxylic acids is 1. The Bertz CT molecular complexity index is 925. The van der Waals surface area contributed by atoms with Gasteiger partial charge < -0.3 is 10.6 Å². The Hall–Kier alpha value is -2.92. The molecule has 0 saturated heterocycles. The highest BCUT2D eigenvalue weighted by Gasteiger charge is 2.11. The number of nitrogens with one attached hydrogen (secondary N) is 2. The average molecular weight is 367 g/mol. The maximum absolute atomic E-state index is 12.4. The molecule has 2 N–H and O–H groups in total. The first-order chi connectivity index (χ1) is 12.5. The minimum absolute atomic E-state index is 0.245. The van der Waals surface area contributed by atoms with Gasteiger partial charge in [-0.25, -0.2) is 9.97 Å². The van der Waals surface area contributed by atoms with Gasteiger partial charge in [0.2, 0.25) is 0 Å². The second kappa shape index (κ2) is 7.97. The van der Waals surface area contributed by atoms with Crippen molar-refractivity contribution in [3.8, 4) is 0 Å². The maximum atomic E-state index is 12.4. The van der Waals surface area contributed by atoms with Crippen LogP contribution < -0.4 is 10.6 Å². The summed E-state index contributed by atoms with van der Waals surface area (Å²) >= 11 is 6.00. The Kier molecular flexibility index (Phi) is 5.49. The quantitative estimate of drug-likeness (QED) is 0.701. The molecular formula is C20H19ClN4O. The molecule has 3 rings (SSSR count). The number of aryl methyl sites for hydroxylation is 2. The van der Waals surface area contributed by atoms with Crippen LogP contribution in [0.4, 0.5) is 11.5 Å². The lowest BCUT2D eigenvalue weighted by Gasteiger charge is -2.10. The molecule has 1 heterocycles. The molecule has 0 saturated carbocycles. The van der Waals surface area contributed by atoms with E-state index >= 15 is 0 Å². The number of hydrogen-bond acceptors (Lipinski definition) is 4. The molecular weight excluding hydrogens is 348 g/mol. The van der Waals surface area contributed by atoms with E-state index in [0.29, 0.717) is 28.9 Å². The molecule has 132 valence electrons. The van der Waals surface area contributed by atoms with Crippen LogP contribution in [0.15, 0.2) is 54.6 Å². The standard InChI is InChI=1S/C20H19ClN4O/c1-13-6-8-15(9-7-13)12-22-20(26)18-11-19(24-14(2)23-18)25-17-5-3-4-16(21)10-17/h3-11H,12H2,1-2H3,(H,22,26)(H,23,24,25). The highest BCUT2D eigenvalue weighted by Crippen LogP contribution is 2.19. The molecule has 0 aliphatic rings. The van der Waals surface area contributed by atoms with Gasteiger partial charge in [0.1, 0.15) is 17.3 Å². The van der Waals surface area contributed by atoms with Crippen LogP contribution in [0.5, 0.6) is 0 Å². The lowest BCUT2D eigenvalue weighted by molar-refractivity contribution is 0.0945. The molecule has 5 nitrogen and oxygen atoms in total. The predicted octanol–water partition coefficient (Wildman–Crippen LogP) is 4.42. The minimum Gasteiger partial charge on any atom is -0.347 e. The van der Waals surface area contributed by atoms with E-state index in [1.54, 1.807) is 25.1 Å². The topological polar surface area (TPSA) is 66.9 Å². The normalized spacial score (nSPS) is 10.4. The van der Waals surface area contributed by atoms with Crippen LogP contribution in [0, 0.1) is 13.8 Å². The second-order valence-corrected chi connectivity index (χ2v) is 6.43. The molecule has 1 amide bonds. The Balaban J connectivity index is 1.71. The van der Waals surface area contributed by atoms with E-state index in [2.05, 4.69) is 20.6 Å². The van der Waals surface area contributed by atoms with Gasteiger partial charge in [-0.05, 0) is 37.6 Å². The van der Waals surface area contributed by atoms with Gasteiger partial charge >= 0.3 is 0 Å². The van der Waals surface area contributed by atoms with Gasteiger partial charge in [0, 0.05) is 23.3 Å². The van der Waals surface area contributed by atoms with Gasteiger partial charge in [-0.3, -0.25) is 4.79 Å². The molecule has 0 atom stereocenters. The van der Waals surface area contributed by atoms with Gasteiger partial charge in [0.25, 0.3) is 5.91 Å². The molecule has 0 bridgehead atoms. The Morgan fingerprint density at radius 3 is 2.54 bits per heavy atom. The number of halogens is 1. The van der Waals surface area contributed by atoms with Crippen molar-refractivity contribution in [3.63, 3.8) is 0 Å². The summed E-state index contributed by atoms with van der Waals surface area (Å²) in [5.74, 6) is 0.808. The molecule has 1 aromatic heterocycles. The van der Waals surface area contributed by atoms with Gasteiger partial charge in [-0.2, -0.15) is 0 Å². The van der Waals surface area contributed by atoms with E-state index in [0.717, 1.165) is 11.3 Å². The molecule has 6 heteroatoms. The number of nitrogens with zero attached hydrogens (tertiary/aromatic N) is 2. The smallest absolute Gasteiger partial charge is 0.270 e. The van der Waals surface area contributed by atoms with Crippen molar-refractivity contribution in [2.24, 2.45) is 0 Å². The second-order valence-electron chi connectivity index (χ2n) is 5.99. The third kappa shape index (κ3) is 4.80. The molecule has 0 fully saturated rings. The van der Waals surface area contributed by atoms with Gasteiger partial charge in [0.05, 0.1) is 0 Å². The van der Waals surface area contributed by atoms with Crippen LogP contribution in [0.2, 0.25) is 5.02 Å². The Morgan fingerprint density at radius 1 is 1.04 bits per heavy atom. The van der Waals surface area contributed by atoms with Crippen molar-refractivity contribution in [2.45, 2.75) is 20.4 Å². The van der Waals surface area contributed by atoms with Crippen molar-refractivity contribution < 1.29 is 4.79 Å². The van der Waals surface area contributed by atoms with E-state index in [1.807, 2.05) is 43.3 Å². The zero-order valence-corrected chi connectivity index (χ0v) is 15.3. The van der Waals surface area contributed by atoms with Crippen LogP contribution in [-0.2, 0) is 6.54 Å². The monoisotopic (exact) mass is 366 g/mol. The van der Waals surface area contributed by atoms with Crippen LogP contribution >= 0.6 is 11.6 Å². The van der Waals surface area contributed by atoms with Gasteiger partial charge in [-0.1, -0.05) is 47.5 Å². The number of anilines is 2. The first-order valence-corrected chi connectivity index (χ1v) is 8.59. The van der Waals surface area contributed by atoms with E-state index in [-0.39, 0.29) is 5.91 Å². The molecule has 0 radical (unpaired) electrons. The molecule has 2 aromatic carbocycles. The number of hydrogen-bond donors (Lipinski definition) is 2. The van der Waals surface area contributed by atoms with Crippen molar-refractivity contribution >= 4 is 29.0 Å². The number of rotatable bonds is 5. The lowest BCUT2D eigenvalue weighted by Crippen LogP contribution is -2.24. The first kappa shape index (κ1) is 17.9. The third-order valence-corrected chi connectivity index (χ3v) is 3.98. The number of aromatic nitrogens is 2. The molecule has 0 aliphatic carbocycles. The highest BCUT2D eigenvalue weighted by molar-refractivity contribution is 6.30. The van der Waals surface area contributed by atoms with Crippen LogP contribution in [0.3, 0.4) is 0 Å². The highest BCUT2D eigenvalue weighted by atomic mass is 35.5. The SMILES string of the molecule is Cc1ccc(CNC(=O)c2cc(Nc3cccc(Cl)c3)nc(C)n2)cc1. The largest absolute Gasteiger partial charge is 0.347 e. The van der Waals surface area contributed by atoms with Crippen LogP contribution in [0.25, 0.3) is 0 Å². The van der Waals surface area contributed by atoms with Crippen molar-refractivity contribution in [3.05, 3.63) is 82.3 Å². The van der Waals surface area contributed by atoms with E-state index in [9.17, 15) is 4.79 Å². The minimum atomic E-state index is -0.245. The molecule has 3 aromatic rings. The van der Waals surface area contributed by atoms with E-state index in [1.165, 1.54) is 5.56 Å². The summed E-state index contributed by atoms with van der Waals surface area (Å²) in [6.07, 6.45) is 0. The number of amides is 1. The van der Waals surface area contributed by atoms with E-state index < -0.39 is 0 Å². The summed E-state index contributed by atoms with van der Waals surface area (Å²) in [7, 11) is 0. The summed E-state index contributed by atoms with van der Waals surface area (Å²) < 4.78 is 0. The van der Waals surface area contributed by atoms with Crippen molar-refractivity contribution in [2.75, 3.05) is 5.32 Å². The summed E-state index contributed by atoms with van der Waals surface area (Å²) in [6.45, 7) is 4.22. The van der Waals surface area contributed by atoms with E-state index in [4.69, 9.17) is 11.6 Å². The fraction of sp³-hybridized carbons (Fsp3) is 0.150. The zero-order valence-electron chi connectivity index (χ0n) is 14.6. The third-order valence-electron chi connectivity index (χ3n) is 3.74. The number of carbonyl (C=O) groups is 1. The van der Waals surface area contributed by atoms with Gasteiger partial charge in [0.15, 0.2) is 0 Å². The fourth-order valence-electron chi connectivity index (χ4n) is 2.44. The van der Waals surface area contributed by atoms with Gasteiger partial charge in [-0.15, -0.1) is 0 Å². The van der Waals surface area contributed by atoms with Crippen molar-refractivity contribution in [1.29, 1.82) is 0 Å². The molecule has 0 spiro atoms. The average Bonchev–Trinajstić information content (AvgIpc) is 2.60. The summed E-state index contributed by atoms with van der Waals surface area (Å²) in [6, 6.07) is 16.9. The zero-order chi connectivity index (χ0) is 18.5. The lowest BCUT2D eigenvalue weighted by atomic mass is 10.1. The summed E-state index contributed by atoms with van der Waals surface area (Å²) in [4.78, 5) is 21.0.